The first-order valence-electron chi connectivity index (χ1n) is 9.09. The van der Waals surface area contributed by atoms with E-state index >= 15 is 0 Å². The predicted molar refractivity (Wildman–Crippen MR) is 103 cm³/mol. The molecule has 0 aliphatic carbocycles. The normalized spacial score (nSPS) is 13.1. The third kappa shape index (κ3) is 3.35. The minimum Gasteiger partial charge on any atom is -0.457 e. The summed E-state index contributed by atoms with van der Waals surface area (Å²) < 4.78 is 6.75. The van der Waals surface area contributed by atoms with Gasteiger partial charge in [-0.3, -0.25) is 14.4 Å². The van der Waals surface area contributed by atoms with Crippen molar-refractivity contribution in [1.29, 1.82) is 0 Å². The molecular weight excluding hydrogens is 374 g/mol. The minimum atomic E-state index is -0.526. The van der Waals surface area contributed by atoms with Gasteiger partial charge < -0.3 is 9.64 Å². The molecule has 0 N–H and O–H groups in total. The first-order chi connectivity index (χ1) is 13.8. The van der Waals surface area contributed by atoms with Gasteiger partial charge in [-0.15, -0.1) is 0 Å². The molecule has 0 saturated heterocycles. The number of esters is 1. The molecule has 148 valence electrons. The van der Waals surface area contributed by atoms with Crippen LogP contribution >= 0.6 is 0 Å². The van der Waals surface area contributed by atoms with Crippen molar-refractivity contribution in [3.05, 3.63) is 52.6 Å². The number of hydrogen-bond donors (Lipinski definition) is 0. The second kappa shape index (κ2) is 7.08. The van der Waals surface area contributed by atoms with E-state index in [4.69, 9.17) is 4.74 Å². The SMILES string of the molecule is Cc1nc2ncnn2c(C)c1CC(=O)OCC(=O)c1ccc2c(c1)CC(=O)N2C. The summed E-state index contributed by atoms with van der Waals surface area (Å²) in [6, 6.07) is 5.06. The van der Waals surface area contributed by atoms with Crippen molar-refractivity contribution in [1.82, 2.24) is 19.6 Å². The molecule has 4 rings (SSSR count). The number of aromatic nitrogens is 4. The number of benzene rings is 1. The number of likely N-dealkylation sites (N-methyl/N-ethyl adjacent to an activating group) is 1. The van der Waals surface area contributed by atoms with Gasteiger partial charge in [0.2, 0.25) is 5.91 Å². The number of amides is 1. The molecule has 0 bridgehead atoms. The fraction of sp³-hybridized carbons (Fsp3) is 0.300. The third-order valence-electron chi connectivity index (χ3n) is 5.15. The molecule has 29 heavy (non-hydrogen) atoms. The number of fused-ring (bicyclic) bond motifs is 2. The Balaban J connectivity index is 1.42. The lowest BCUT2D eigenvalue weighted by molar-refractivity contribution is -0.141. The summed E-state index contributed by atoms with van der Waals surface area (Å²) in [6.45, 7) is 3.25. The molecule has 3 aromatic rings. The Morgan fingerprint density at radius 1 is 1.24 bits per heavy atom. The lowest BCUT2D eigenvalue weighted by Gasteiger charge is -2.11. The van der Waals surface area contributed by atoms with Crippen LogP contribution in [0.5, 0.6) is 0 Å². The Hall–Kier alpha value is -3.62. The van der Waals surface area contributed by atoms with Crippen molar-refractivity contribution in [2.75, 3.05) is 18.6 Å². The fourth-order valence-electron chi connectivity index (χ4n) is 3.48. The molecule has 9 heteroatoms. The Labute approximate surface area is 166 Å². The molecule has 1 aliphatic rings. The average molecular weight is 393 g/mol. The van der Waals surface area contributed by atoms with E-state index in [-0.39, 0.29) is 31.1 Å². The van der Waals surface area contributed by atoms with Gasteiger partial charge in [-0.25, -0.2) is 9.50 Å². The zero-order chi connectivity index (χ0) is 20.7. The molecule has 0 saturated carbocycles. The van der Waals surface area contributed by atoms with E-state index in [0.717, 1.165) is 16.9 Å². The maximum atomic E-state index is 12.4. The standard InChI is InChI=1S/C20H19N5O4/c1-11-15(12(2)25-20(23-11)21-10-22-25)8-19(28)29-9-17(26)13-4-5-16-14(6-13)7-18(27)24(16)3/h4-6,10H,7-9H2,1-3H3. The smallest absolute Gasteiger partial charge is 0.310 e. The molecule has 0 spiro atoms. The van der Waals surface area contributed by atoms with E-state index in [1.807, 2.05) is 6.92 Å². The van der Waals surface area contributed by atoms with Crippen molar-refractivity contribution in [3.8, 4) is 0 Å². The number of ether oxygens (including phenoxy) is 1. The lowest BCUT2D eigenvalue weighted by atomic mass is 10.1. The predicted octanol–water partition coefficient (Wildman–Crippen LogP) is 1.23. The number of anilines is 1. The van der Waals surface area contributed by atoms with Crippen LogP contribution in [0.3, 0.4) is 0 Å². The van der Waals surface area contributed by atoms with Crippen molar-refractivity contribution in [2.45, 2.75) is 26.7 Å². The van der Waals surface area contributed by atoms with Gasteiger partial charge in [0.15, 0.2) is 12.4 Å². The number of rotatable bonds is 5. The van der Waals surface area contributed by atoms with Gasteiger partial charge in [-0.2, -0.15) is 10.1 Å². The molecule has 1 amide bonds. The van der Waals surface area contributed by atoms with Crippen LogP contribution in [0.15, 0.2) is 24.5 Å². The third-order valence-corrected chi connectivity index (χ3v) is 5.15. The molecule has 9 nitrogen and oxygen atoms in total. The topological polar surface area (TPSA) is 107 Å². The highest BCUT2D eigenvalue weighted by Crippen LogP contribution is 2.28. The number of carbonyl (C=O) groups excluding carboxylic acids is 3. The second-order valence-electron chi connectivity index (χ2n) is 6.97. The van der Waals surface area contributed by atoms with E-state index < -0.39 is 5.97 Å². The van der Waals surface area contributed by atoms with Crippen LogP contribution < -0.4 is 4.90 Å². The zero-order valence-electron chi connectivity index (χ0n) is 16.3. The van der Waals surface area contributed by atoms with Crippen molar-refractivity contribution >= 4 is 29.1 Å². The summed E-state index contributed by atoms with van der Waals surface area (Å²) in [4.78, 5) is 46.4. The van der Waals surface area contributed by atoms with Gasteiger partial charge in [0.1, 0.15) is 6.33 Å². The van der Waals surface area contributed by atoms with Crippen LogP contribution in [0, 0.1) is 13.8 Å². The number of carbonyl (C=O) groups is 3. The van der Waals surface area contributed by atoms with E-state index in [0.29, 0.717) is 22.6 Å². The molecule has 1 aliphatic heterocycles. The van der Waals surface area contributed by atoms with Crippen molar-refractivity contribution in [3.63, 3.8) is 0 Å². The highest BCUT2D eigenvalue weighted by Gasteiger charge is 2.25. The summed E-state index contributed by atoms with van der Waals surface area (Å²) in [5.74, 6) is -0.393. The number of aryl methyl sites for hydroxylation is 2. The maximum absolute atomic E-state index is 12.4. The van der Waals surface area contributed by atoms with E-state index in [2.05, 4.69) is 15.1 Å². The fourth-order valence-corrected chi connectivity index (χ4v) is 3.48. The van der Waals surface area contributed by atoms with Gasteiger partial charge in [-0.1, -0.05) is 0 Å². The highest BCUT2D eigenvalue weighted by molar-refractivity contribution is 6.04. The summed E-state index contributed by atoms with van der Waals surface area (Å²) >= 11 is 0. The van der Waals surface area contributed by atoms with Gasteiger partial charge in [0.05, 0.1) is 12.8 Å². The maximum Gasteiger partial charge on any atom is 0.310 e. The van der Waals surface area contributed by atoms with Gasteiger partial charge in [0, 0.05) is 35.2 Å². The molecule has 0 radical (unpaired) electrons. The van der Waals surface area contributed by atoms with Crippen LogP contribution in [0.4, 0.5) is 5.69 Å². The van der Waals surface area contributed by atoms with E-state index in [9.17, 15) is 14.4 Å². The largest absolute Gasteiger partial charge is 0.457 e. The monoisotopic (exact) mass is 393 g/mol. The molecule has 0 fully saturated rings. The van der Waals surface area contributed by atoms with E-state index in [1.165, 1.54) is 6.33 Å². The Bertz CT molecular complexity index is 1170. The number of Topliss-reactive ketones (excluding diaryl/α,β-unsaturated/α-hetero) is 1. The summed E-state index contributed by atoms with van der Waals surface area (Å²) in [5, 5.41) is 4.09. The molecule has 0 atom stereocenters. The Kier molecular flexibility index (Phi) is 4.57. The summed E-state index contributed by atoms with van der Waals surface area (Å²) in [5.41, 5.74) is 4.12. The number of hydrogen-bond acceptors (Lipinski definition) is 7. The summed E-state index contributed by atoms with van der Waals surface area (Å²) in [7, 11) is 1.70. The van der Waals surface area contributed by atoms with Crippen LogP contribution in [-0.4, -0.2) is 50.9 Å². The lowest BCUT2D eigenvalue weighted by Crippen LogP contribution is -2.20. The van der Waals surface area contributed by atoms with Crippen LogP contribution in [0.2, 0.25) is 0 Å². The minimum absolute atomic E-state index is 0.0141. The van der Waals surface area contributed by atoms with Crippen molar-refractivity contribution < 1.29 is 19.1 Å². The van der Waals surface area contributed by atoms with Gasteiger partial charge >= 0.3 is 5.97 Å². The molecule has 1 aromatic carbocycles. The highest BCUT2D eigenvalue weighted by atomic mass is 16.5. The Morgan fingerprint density at radius 3 is 2.83 bits per heavy atom. The first kappa shape index (κ1) is 18.7. The quantitative estimate of drug-likeness (QED) is 0.474. The average Bonchev–Trinajstić information content (AvgIpc) is 3.27. The number of nitrogens with zero attached hydrogens (tertiary/aromatic N) is 5. The first-order valence-corrected chi connectivity index (χ1v) is 9.09. The molecule has 0 unspecified atom stereocenters. The van der Waals surface area contributed by atoms with E-state index in [1.54, 1.807) is 41.6 Å². The second-order valence-corrected chi connectivity index (χ2v) is 6.97. The molecule has 2 aromatic heterocycles. The number of ketones is 1. The molecular formula is C20H19N5O4. The van der Waals surface area contributed by atoms with Gasteiger partial charge in [-0.05, 0) is 37.6 Å². The zero-order valence-corrected chi connectivity index (χ0v) is 16.3. The van der Waals surface area contributed by atoms with Crippen LogP contribution in [0.25, 0.3) is 5.78 Å². The van der Waals surface area contributed by atoms with Crippen molar-refractivity contribution in [2.24, 2.45) is 0 Å². The van der Waals surface area contributed by atoms with Crippen LogP contribution in [0.1, 0.15) is 32.9 Å². The Morgan fingerprint density at radius 2 is 2.03 bits per heavy atom. The van der Waals surface area contributed by atoms with Crippen LogP contribution in [-0.2, 0) is 27.2 Å². The van der Waals surface area contributed by atoms with Gasteiger partial charge in [0.25, 0.3) is 5.78 Å². The summed E-state index contributed by atoms with van der Waals surface area (Å²) in [6.07, 6.45) is 1.65. The molecule has 3 heterocycles.